The van der Waals surface area contributed by atoms with E-state index in [0.29, 0.717) is 17.9 Å². The van der Waals surface area contributed by atoms with Crippen LogP contribution in [0.2, 0.25) is 0 Å². The van der Waals surface area contributed by atoms with Gasteiger partial charge in [-0.05, 0) is 25.5 Å². The topological polar surface area (TPSA) is 67.9 Å². The third-order valence-electron chi connectivity index (χ3n) is 2.71. The van der Waals surface area contributed by atoms with E-state index in [1.54, 1.807) is 17.7 Å². The van der Waals surface area contributed by atoms with E-state index in [-0.39, 0.29) is 5.69 Å². The number of benzene rings is 1. The first-order valence-corrected chi connectivity index (χ1v) is 5.88. The number of ether oxygens (including phenoxy) is 1. The van der Waals surface area contributed by atoms with Crippen molar-refractivity contribution in [3.63, 3.8) is 0 Å². The zero-order valence-electron chi connectivity index (χ0n) is 10.8. The molecule has 0 unspecified atom stereocenters. The molecule has 5 nitrogen and oxygen atoms in total. The van der Waals surface area contributed by atoms with Crippen LogP contribution >= 0.6 is 0 Å². The number of rotatable bonds is 3. The van der Waals surface area contributed by atoms with Crippen molar-refractivity contribution in [3.05, 3.63) is 47.5 Å². The first-order chi connectivity index (χ1) is 9.17. The van der Waals surface area contributed by atoms with Gasteiger partial charge < -0.3 is 9.30 Å². The molecule has 2 aromatic rings. The lowest BCUT2D eigenvalue weighted by Gasteiger charge is -2.06. The second kappa shape index (κ2) is 5.36. The number of nitriles is 1. The molecule has 0 atom stereocenters. The van der Waals surface area contributed by atoms with Gasteiger partial charge in [0.1, 0.15) is 12.4 Å². The number of hydrogen-bond acceptors (Lipinski definition) is 4. The molecule has 0 radical (unpaired) electrons. The van der Waals surface area contributed by atoms with E-state index in [2.05, 4.69) is 11.1 Å². The van der Waals surface area contributed by atoms with Crippen molar-refractivity contribution in [3.8, 4) is 11.8 Å². The Labute approximate surface area is 111 Å². The van der Waals surface area contributed by atoms with Gasteiger partial charge in [-0.25, -0.2) is 9.78 Å². The molecule has 0 saturated heterocycles. The maximum absolute atomic E-state index is 11.5. The summed E-state index contributed by atoms with van der Waals surface area (Å²) in [6, 6.07) is 7.69. The van der Waals surface area contributed by atoms with Crippen LogP contribution in [0.15, 0.2) is 30.7 Å². The molecule has 96 valence electrons. The molecule has 2 rings (SSSR count). The first kappa shape index (κ1) is 12.8. The van der Waals surface area contributed by atoms with Gasteiger partial charge in [0.2, 0.25) is 0 Å². The summed E-state index contributed by atoms with van der Waals surface area (Å²) in [4.78, 5) is 15.5. The second-order valence-electron chi connectivity index (χ2n) is 3.97. The SMILES string of the molecule is CCOC(=O)c1cn(-c2cccc(C)c2C#N)cn1. The van der Waals surface area contributed by atoms with E-state index in [1.165, 1.54) is 6.33 Å². The predicted molar refractivity (Wildman–Crippen MR) is 69.0 cm³/mol. The molecular formula is C14H13N3O2. The molecule has 5 heteroatoms. The van der Waals surface area contributed by atoms with Gasteiger partial charge in [0.05, 0.1) is 17.9 Å². The minimum atomic E-state index is -0.465. The van der Waals surface area contributed by atoms with Crippen LogP contribution < -0.4 is 0 Å². The van der Waals surface area contributed by atoms with Crippen molar-refractivity contribution < 1.29 is 9.53 Å². The van der Waals surface area contributed by atoms with Gasteiger partial charge in [-0.2, -0.15) is 5.26 Å². The van der Waals surface area contributed by atoms with E-state index in [0.717, 1.165) is 5.56 Å². The van der Waals surface area contributed by atoms with E-state index in [1.807, 2.05) is 25.1 Å². The number of esters is 1. The summed E-state index contributed by atoms with van der Waals surface area (Å²) in [7, 11) is 0. The van der Waals surface area contributed by atoms with Crippen molar-refractivity contribution in [2.45, 2.75) is 13.8 Å². The highest BCUT2D eigenvalue weighted by atomic mass is 16.5. The van der Waals surface area contributed by atoms with Crippen LogP contribution in [0.5, 0.6) is 0 Å². The first-order valence-electron chi connectivity index (χ1n) is 5.88. The summed E-state index contributed by atoms with van der Waals surface area (Å²) in [5.41, 5.74) is 2.37. The maximum Gasteiger partial charge on any atom is 0.358 e. The number of aryl methyl sites for hydroxylation is 1. The average Bonchev–Trinajstić information content (AvgIpc) is 2.88. The fourth-order valence-electron chi connectivity index (χ4n) is 1.78. The monoisotopic (exact) mass is 255 g/mol. The molecule has 1 aromatic heterocycles. The Morgan fingerprint density at radius 1 is 1.53 bits per heavy atom. The van der Waals surface area contributed by atoms with Crippen molar-refractivity contribution in [2.24, 2.45) is 0 Å². The fraction of sp³-hybridized carbons (Fsp3) is 0.214. The van der Waals surface area contributed by atoms with Gasteiger partial charge in [-0.1, -0.05) is 12.1 Å². The van der Waals surface area contributed by atoms with Crippen molar-refractivity contribution in [1.82, 2.24) is 9.55 Å². The molecule has 0 bridgehead atoms. The summed E-state index contributed by atoms with van der Waals surface area (Å²) < 4.78 is 6.53. The molecule has 0 spiro atoms. The Bertz CT molecular complexity index is 653. The van der Waals surface area contributed by atoms with Gasteiger partial charge in [0.25, 0.3) is 0 Å². The van der Waals surface area contributed by atoms with Crippen LogP contribution in [0, 0.1) is 18.3 Å². The number of carbonyl (C=O) groups is 1. The van der Waals surface area contributed by atoms with Crippen molar-refractivity contribution in [1.29, 1.82) is 5.26 Å². The van der Waals surface area contributed by atoms with Gasteiger partial charge in [-0.3, -0.25) is 0 Å². The normalized spacial score (nSPS) is 9.95. The molecule has 1 aromatic carbocycles. The highest BCUT2D eigenvalue weighted by Gasteiger charge is 2.13. The van der Waals surface area contributed by atoms with Crippen LogP contribution in [0.4, 0.5) is 0 Å². The summed E-state index contributed by atoms with van der Waals surface area (Å²) in [6.45, 7) is 3.91. The van der Waals surface area contributed by atoms with E-state index < -0.39 is 5.97 Å². The number of imidazole rings is 1. The summed E-state index contributed by atoms with van der Waals surface area (Å²) in [5.74, 6) is -0.465. The van der Waals surface area contributed by atoms with Crippen LogP contribution in [0.25, 0.3) is 5.69 Å². The average molecular weight is 255 g/mol. The van der Waals surface area contributed by atoms with E-state index in [9.17, 15) is 10.1 Å². The molecule has 0 amide bonds. The van der Waals surface area contributed by atoms with Crippen LogP contribution in [-0.2, 0) is 4.74 Å². The summed E-state index contributed by atoms with van der Waals surface area (Å²) >= 11 is 0. The Kier molecular flexibility index (Phi) is 3.62. The van der Waals surface area contributed by atoms with Gasteiger partial charge >= 0.3 is 5.97 Å². The predicted octanol–water partition coefficient (Wildman–Crippen LogP) is 2.23. The lowest BCUT2D eigenvalue weighted by atomic mass is 10.1. The Morgan fingerprint density at radius 2 is 2.32 bits per heavy atom. The largest absolute Gasteiger partial charge is 0.461 e. The fourth-order valence-corrected chi connectivity index (χ4v) is 1.78. The van der Waals surface area contributed by atoms with Crippen molar-refractivity contribution >= 4 is 5.97 Å². The molecule has 0 aliphatic rings. The second-order valence-corrected chi connectivity index (χ2v) is 3.97. The Morgan fingerprint density at radius 3 is 3.00 bits per heavy atom. The maximum atomic E-state index is 11.5. The number of nitrogens with zero attached hydrogens (tertiary/aromatic N) is 3. The van der Waals surface area contributed by atoms with Gasteiger partial charge in [0.15, 0.2) is 5.69 Å². The molecule has 0 fully saturated rings. The highest BCUT2D eigenvalue weighted by molar-refractivity contribution is 5.87. The standard InChI is InChI=1S/C14H13N3O2/c1-3-19-14(18)12-8-17(9-16-12)13-6-4-5-10(2)11(13)7-15/h4-6,8-9H,3H2,1-2H3. The van der Waals surface area contributed by atoms with Crippen LogP contribution in [0.1, 0.15) is 28.5 Å². The molecule has 0 N–H and O–H groups in total. The summed E-state index contributed by atoms with van der Waals surface area (Å²) in [5, 5.41) is 9.19. The highest BCUT2D eigenvalue weighted by Crippen LogP contribution is 2.18. The third kappa shape index (κ3) is 2.47. The Balaban J connectivity index is 2.42. The zero-order chi connectivity index (χ0) is 13.8. The zero-order valence-corrected chi connectivity index (χ0v) is 10.8. The third-order valence-corrected chi connectivity index (χ3v) is 2.71. The van der Waals surface area contributed by atoms with E-state index >= 15 is 0 Å². The molecule has 0 saturated carbocycles. The molecule has 0 aliphatic heterocycles. The van der Waals surface area contributed by atoms with E-state index in [4.69, 9.17) is 4.74 Å². The lowest BCUT2D eigenvalue weighted by molar-refractivity contribution is 0.0520. The molecule has 0 aliphatic carbocycles. The number of aromatic nitrogens is 2. The molecule has 1 heterocycles. The van der Waals surface area contributed by atoms with Crippen LogP contribution in [-0.4, -0.2) is 22.1 Å². The number of carbonyl (C=O) groups excluding carboxylic acids is 1. The van der Waals surface area contributed by atoms with Crippen molar-refractivity contribution in [2.75, 3.05) is 6.61 Å². The minimum absolute atomic E-state index is 0.229. The smallest absolute Gasteiger partial charge is 0.358 e. The molecule has 19 heavy (non-hydrogen) atoms. The van der Waals surface area contributed by atoms with Gasteiger partial charge in [0, 0.05) is 6.20 Å². The van der Waals surface area contributed by atoms with Gasteiger partial charge in [-0.15, -0.1) is 0 Å². The Hall–Kier alpha value is -2.61. The number of hydrogen-bond donors (Lipinski definition) is 0. The van der Waals surface area contributed by atoms with Crippen LogP contribution in [0.3, 0.4) is 0 Å². The summed E-state index contributed by atoms with van der Waals surface area (Å²) in [6.07, 6.45) is 3.06. The molecular weight excluding hydrogens is 242 g/mol. The minimum Gasteiger partial charge on any atom is -0.461 e. The lowest BCUT2D eigenvalue weighted by Crippen LogP contribution is -2.04. The quantitative estimate of drug-likeness (QED) is 0.789.